The minimum absolute atomic E-state index is 0.0216. The normalized spacial score (nSPS) is 11.9. The molecule has 83 heavy (non-hydrogen) atoms. The van der Waals surface area contributed by atoms with Crippen molar-refractivity contribution < 1.29 is 38.3 Å². The number of aryl methyl sites for hydroxylation is 3. The van der Waals surface area contributed by atoms with Gasteiger partial charge in [0.15, 0.2) is 0 Å². The first kappa shape index (κ1) is 62.7. The molecule has 1 aliphatic rings. The quantitative estimate of drug-likeness (QED) is 0.0760. The van der Waals surface area contributed by atoms with Crippen LogP contribution < -0.4 is 28.4 Å². The summed E-state index contributed by atoms with van der Waals surface area (Å²) >= 11 is 12.9. The third-order valence-corrected chi connectivity index (χ3v) is 14.3. The van der Waals surface area contributed by atoms with Gasteiger partial charge in [-0.05, 0) is 147 Å². The molecule has 3 aromatic heterocycles. The van der Waals surface area contributed by atoms with Crippen LogP contribution in [0.3, 0.4) is 0 Å². The lowest BCUT2D eigenvalue weighted by molar-refractivity contribution is 0.0322. The molecule has 0 bridgehead atoms. The summed E-state index contributed by atoms with van der Waals surface area (Å²) in [5.41, 5.74) is 10.7. The fourth-order valence-electron chi connectivity index (χ4n) is 10.2. The number of halogens is 3. The summed E-state index contributed by atoms with van der Waals surface area (Å²) < 4.78 is 44.8. The van der Waals surface area contributed by atoms with Crippen molar-refractivity contribution in [1.82, 2.24) is 18.6 Å². The number of hydrogen-bond acceptors (Lipinski definition) is 12. The molecule has 1 aliphatic heterocycles. The Kier molecular flexibility index (Phi) is 23.8. The molecule has 4 heterocycles. The molecule has 1 N–H and O–H groups in total. The van der Waals surface area contributed by atoms with Crippen LogP contribution in [0.25, 0.3) is 66.5 Å². The molecular weight excluding hydrogens is 1160 g/mol. The summed E-state index contributed by atoms with van der Waals surface area (Å²) in [6.45, 7) is 14.4. The number of morpholine rings is 1. The van der Waals surface area contributed by atoms with Crippen molar-refractivity contribution in [2.45, 2.75) is 40.4 Å². The number of hydrogen-bond donors (Lipinski definition) is 1. The number of aliphatic hydroxyl groups excluding tert-OH is 1. The monoisotopic (exact) mass is 1220 g/mol. The largest absolute Gasteiger partial charge is 0.497 e. The highest BCUT2D eigenvalue weighted by molar-refractivity contribution is 9.09. The number of methoxy groups -OCH3 is 3. The van der Waals surface area contributed by atoms with Gasteiger partial charge in [-0.2, -0.15) is 15.8 Å². The summed E-state index contributed by atoms with van der Waals surface area (Å²) in [6, 6.07) is 48.1. The van der Waals surface area contributed by atoms with Crippen LogP contribution in [0, 0.1) is 34.0 Å². The van der Waals surface area contributed by atoms with Crippen LogP contribution in [-0.4, -0.2) is 115 Å². The first-order valence-electron chi connectivity index (χ1n) is 27.2. The second-order valence-corrected chi connectivity index (χ2v) is 20.1. The lowest BCUT2D eigenvalue weighted by atomic mass is 10.1. The fourth-order valence-corrected chi connectivity index (χ4v) is 10.3. The molecule has 0 amide bonds. The maximum atomic E-state index is 9.87. The van der Waals surface area contributed by atoms with Gasteiger partial charge in [0.1, 0.15) is 65.9 Å². The minimum Gasteiger partial charge on any atom is -0.497 e. The van der Waals surface area contributed by atoms with Crippen LogP contribution in [0.15, 0.2) is 127 Å². The van der Waals surface area contributed by atoms with Crippen LogP contribution in [0.1, 0.15) is 37.5 Å². The minimum atomic E-state index is -0.0216. The number of nitriles is 3. The number of rotatable bonds is 19. The van der Waals surface area contributed by atoms with Gasteiger partial charge in [0.05, 0.1) is 103 Å². The maximum absolute atomic E-state index is 9.87. The van der Waals surface area contributed by atoms with E-state index in [4.69, 9.17) is 61.5 Å². The Labute approximate surface area is 503 Å². The first-order valence-corrected chi connectivity index (χ1v) is 29.4. The van der Waals surface area contributed by atoms with Crippen LogP contribution in [0.4, 0.5) is 0 Å². The lowest BCUT2D eigenvalue weighted by Crippen LogP contribution is -2.38. The standard InChI is InChI=1S/C24H27N3O3.C20H19BrN2O2.C20H20N2O3.CH2Cl2/c1-3-27-23-16-20(28-2)8-9-21(23)22(17-25)24(27)18-4-6-19(7-5-18)30-15-12-26-10-13-29-14-11-26;1-3-23-19-12-16(24-2)8-9-17(19)18(13-22)20(23)14-4-6-15(7-5-14)25-11-10-21;1-3-22-19-12-16(24-2)8-9-17(19)18(13-21)20(22)14-4-6-15(7-5-14)25-11-10-23;2-1-3/h4-9,16H,3,10-15H2,1-2H3;4-9,12H,3,10-11H2,1-2H3;4-9,12,23H,3,10-11H2,1-2H3;1H2. The molecule has 18 heteroatoms. The van der Waals surface area contributed by atoms with Gasteiger partial charge >= 0.3 is 0 Å². The Morgan fingerprint density at radius 2 is 0.807 bits per heavy atom. The zero-order valence-corrected chi connectivity index (χ0v) is 50.7. The number of ether oxygens (including phenoxy) is 7. The Morgan fingerprint density at radius 1 is 0.494 bits per heavy atom. The molecule has 1 fully saturated rings. The van der Waals surface area contributed by atoms with Crippen molar-refractivity contribution in [2.75, 3.05) is 91.3 Å². The van der Waals surface area contributed by atoms with Gasteiger partial charge in [-0.1, -0.05) is 15.9 Å². The Morgan fingerprint density at radius 3 is 1.10 bits per heavy atom. The van der Waals surface area contributed by atoms with Gasteiger partial charge < -0.3 is 52.0 Å². The van der Waals surface area contributed by atoms with E-state index in [-0.39, 0.29) is 18.6 Å². The number of nitrogens with zero attached hydrogens (tertiary/aromatic N) is 7. The molecule has 15 nitrogen and oxygen atoms in total. The highest BCUT2D eigenvalue weighted by Gasteiger charge is 2.22. The molecule has 0 aliphatic carbocycles. The molecular formula is C65H68BrCl2N7O8. The highest BCUT2D eigenvalue weighted by atomic mass is 79.9. The molecule has 9 aromatic rings. The van der Waals surface area contributed by atoms with Gasteiger partial charge in [0.2, 0.25) is 0 Å². The molecule has 0 atom stereocenters. The molecule has 0 radical (unpaired) electrons. The van der Waals surface area contributed by atoms with E-state index in [1.165, 1.54) is 0 Å². The predicted octanol–water partition coefficient (Wildman–Crippen LogP) is 13.9. The predicted molar refractivity (Wildman–Crippen MR) is 334 cm³/mol. The number of alkyl halides is 3. The molecule has 6 aromatic carbocycles. The molecule has 0 spiro atoms. The van der Waals surface area contributed by atoms with Gasteiger partial charge in [-0.25, -0.2) is 0 Å². The third kappa shape index (κ3) is 14.9. The van der Waals surface area contributed by atoms with Gasteiger partial charge in [0.25, 0.3) is 0 Å². The van der Waals surface area contributed by atoms with Crippen LogP contribution in [0.5, 0.6) is 34.5 Å². The second-order valence-electron chi connectivity index (χ2n) is 18.5. The summed E-state index contributed by atoms with van der Waals surface area (Å²) in [7, 11) is 4.94. The Bertz CT molecular complexity index is 3530. The number of benzene rings is 6. The van der Waals surface area contributed by atoms with E-state index in [1.54, 1.807) is 21.3 Å². The molecule has 10 rings (SSSR count). The molecule has 0 saturated carbocycles. The highest BCUT2D eigenvalue weighted by Crippen LogP contribution is 2.39. The molecule has 1 saturated heterocycles. The van der Waals surface area contributed by atoms with Crippen LogP contribution >= 0.6 is 39.1 Å². The van der Waals surface area contributed by atoms with Crippen molar-refractivity contribution in [1.29, 1.82) is 15.8 Å². The summed E-state index contributed by atoms with van der Waals surface area (Å²) in [6.07, 6.45) is 0. The van der Waals surface area contributed by atoms with E-state index in [0.717, 1.165) is 153 Å². The van der Waals surface area contributed by atoms with Gasteiger partial charge in [0, 0.05) is 79.0 Å². The smallest absolute Gasteiger partial charge is 0.120 e. The zero-order chi connectivity index (χ0) is 59.3. The SMILES string of the molecule is CCn1c(-c2ccc(OCCBr)cc2)c(C#N)c2ccc(OC)cc21.CCn1c(-c2ccc(OCCN3CCOCC3)cc2)c(C#N)c2ccc(OC)cc21.CCn1c(-c2ccc(OCCO)cc2)c(C#N)c2ccc(OC)cc21.ClCCl. The van der Waals surface area contributed by atoms with Crippen molar-refractivity contribution in [3.63, 3.8) is 0 Å². The Balaban J connectivity index is 0.000000176. The maximum Gasteiger partial charge on any atom is 0.120 e. The number of fused-ring (bicyclic) bond motifs is 3. The van der Waals surface area contributed by atoms with Crippen molar-refractivity contribution >= 4 is 71.8 Å². The van der Waals surface area contributed by atoms with Crippen molar-refractivity contribution in [2.24, 2.45) is 0 Å². The van der Waals surface area contributed by atoms with Gasteiger partial charge in [-0.15, -0.1) is 23.2 Å². The van der Waals surface area contributed by atoms with Crippen LogP contribution in [-0.2, 0) is 24.4 Å². The summed E-state index contributed by atoms with van der Waals surface area (Å²) in [5, 5.41) is 42.0. The van der Waals surface area contributed by atoms with Crippen LogP contribution in [0.2, 0.25) is 0 Å². The van der Waals surface area contributed by atoms with E-state index in [0.29, 0.717) is 35.7 Å². The zero-order valence-electron chi connectivity index (χ0n) is 47.6. The van der Waals surface area contributed by atoms with E-state index >= 15 is 0 Å². The van der Waals surface area contributed by atoms with Crippen molar-refractivity contribution in [3.8, 4) is 86.5 Å². The van der Waals surface area contributed by atoms with Gasteiger partial charge in [-0.3, -0.25) is 4.90 Å². The van der Waals surface area contributed by atoms with Crippen molar-refractivity contribution in [3.05, 3.63) is 144 Å². The molecule has 0 unspecified atom stereocenters. The average molecular weight is 1230 g/mol. The van der Waals surface area contributed by atoms with E-state index in [9.17, 15) is 15.8 Å². The molecule has 432 valence electrons. The van der Waals surface area contributed by atoms with E-state index in [2.05, 4.69) is 73.5 Å². The topological polar surface area (TPSA) is 174 Å². The average Bonchev–Trinajstić information content (AvgIpc) is 2.89. The first-order chi connectivity index (χ1) is 40.6. The fraction of sp³-hybridized carbons (Fsp3) is 0.308. The summed E-state index contributed by atoms with van der Waals surface area (Å²) in [5.74, 6) is 4.69. The lowest BCUT2D eigenvalue weighted by Gasteiger charge is -2.26. The Hall–Kier alpha value is -7.85. The second kappa shape index (κ2) is 31.5. The summed E-state index contributed by atoms with van der Waals surface area (Å²) in [4.78, 5) is 2.35. The third-order valence-electron chi connectivity index (χ3n) is 14.0. The van der Waals surface area contributed by atoms with E-state index < -0.39 is 0 Å². The van der Waals surface area contributed by atoms with E-state index in [1.807, 2.05) is 127 Å². The number of aliphatic hydroxyl groups is 1. The number of aromatic nitrogens is 3.